The van der Waals surface area contributed by atoms with Crippen LogP contribution >= 0.6 is 0 Å². The van der Waals surface area contributed by atoms with Gasteiger partial charge in [0.15, 0.2) is 0 Å². The molecule has 1 aromatic rings. The molecular weight excluding hydrogens is 262 g/mol. The number of aryl methyl sites for hydroxylation is 2. The Morgan fingerprint density at radius 3 is 2.90 bits per heavy atom. The normalized spacial score (nSPS) is 27.1. The number of aliphatic hydroxyl groups is 1. The van der Waals surface area contributed by atoms with Gasteiger partial charge in [-0.2, -0.15) is 5.10 Å². The lowest BCUT2D eigenvalue weighted by atomic mass is 9.76. The van der Waals surface area contributed by atoms with Crippen LogP contribution in [0, 0.1) is 18.3 Å². The molecule has 1 aliphatic carbocycles. The summed E-state index contributed by atoms with van der Waals surface area (Å²) in [6.45, 7) is 6.88. The van der Waals surface area contributed by atoms with Crippen LogP contribution in [0.15, 0.2) is 12.4 Å². The maximum Gasteiger partial charge on any atom is 0.0518 e. The summed E-state index contributed by atoms with van der Waals surface area (Å²) in [4.78, 5) is 2.57. The number of aromatic nitrogens is 2. The van der Waals surface area contributed by atoms with Crippen molar-refractivity contribution >= 4 is 0 Å². The highest BCUT2D eigenvalue weighted by molar-refractivity contribution is 4.99. The van der Waals surface area contributed by atoms with Crippen LogP contribution in [-0.4, -0.2) is 46.0 Å². The van der Waals surface area contributed by atoms with Crippen molar-refractivity contribution in [2.24, 2.45) is 11.3 Å². The Morgan fingerprint density at radius 2 is 2.24 bits per heavy atom. The Kier molecular flexibility index (Phi) is 4.65. The first-order valence-electron chi connectivity index (χ1n) is 8.51. The van der Waals surface area contributed by atoms with Crippen LogP contribution in [0.3, 0.4) is 0 Å². The predicted octanol–water partition coefficient (Wildman–Crippen LogP) is 2.46. The summed E-state index contributed by atoms with van der Waals surface area (Å²) in [5, 5.41) is 14.3. The van der Waals surface area contributed by atoms with Gasteiger partial charge in [-0.3, -0.25) is 4.68 Å². The van der Waals surface area contributed by atoms with E-state index < -0.39 is 0 Å². The van der Waals surface area contributed by atoms with Gasteiger partial charge in [0.1, 0.15) is 0 Å². The Balaban J connectivity index is 1.46. The van der Waals surface area contributed by atoms with Crippen LogP contribution in [0.5, 0.6) is 0 Å². The van der Waals surface area contributed by atoms with Crippen LogP contribution in [-0.2, 0) is 6.54 Å². The average Bonchev–Trinajstić information content (AvgIpc) is 3.19. The fourth-order valence-corrected chi connectivity index (χ4v) is 3.84. The van der Waals surface area contributed by atoms with E-state index in [0.29, 0.717) is 6.61 Å². The van der Waals surface area contributed by atoms with Gasteiger partial charge in [-0.05, 0) is 57.2 Å². The lowest BCUT2D eigenvalue weighted by Gasteiger charge is -2.42. The van der Waals surface area contributed by atoms with Crippen molar-refractivity contribution in [1.82, 2.24) is 14.7 Å². The molecule has 0 unspecified atom stereocenters. The van der Waals surface area contributed by atoms with Crippen molar-refractivity contribution in [3.8, 4) is 0 Å². The van der Waals surface area contributed by atoms with E-state index in [2.05, 4.69) is 23.1 Å². The van der Waals surface area contributed by atoms with Gasteiger partial charge >= 0.3 is 0 Å². The van der Waals surface area contributed by atoms with Crippen molar-refractivity contribution in [2.75, 3.05) is 26.2 Å². The molecule has 4 nitrogen and oxygen atoms in total. The molecule has 4 heteroatoms. The van der Waals surface area contributed by atoms with Crippen molar-refractivity contribution in [1.29, 1.82) is 0 Å². The molecule has 1 atom stereocenters. The van der Waals surface area contributed by atoms with Gasteiger partial charge in [0, 0.05) is 31.3 Å². The van der Waals surface area contributed by atoms with Gasteiger partial charge in [0.2, 0.25) is 0 Å². The summed E-state index contributed by atoms with van der Waals surface area (Å²) in [6, 6.07) is 0. The van der Waals surface area contributed by atoms with E-state index in [0.717, 1.165) is 32.0 Å². The van der Waals surface area contributed by atoms with Crippen LogP contribution in [0.25, 0.3) is 0 Å². The van der Waals surface area contributed by atoms with Gasteiger partial charge in [0.05, 0.1) is 6.20 Å². The number of likely N-dealkylation sites (tertiary alicyclic amines) is 1. The van der Waals surface area contributed by atoms with Gasteiger partial charge < -0.3 is 10.0 Å². The molecule has 0 radical (unpaired) electrons. The summed E-state index contributed by atoms with van der Waals surface area (Å²) in [6.07, 6.45) is 11.7. The molecule has 1 saturated carbocycles. The van der Waals surface area contributed by atoms with Crippen LogP contribution in [0.2, 0.25) is 0 Å². The van der Waals surface area contributed by atoms with Gasteiger partial charge in [-0.25, -0.2) is 0 Å². The van der Waals surface area contributed by atoms with Crippen molar-refractivity contribution < 1.29 is 5.11 Å². The van der Waals surface area contributed by atoms with Gasteiger partial charge in [0.25, 0.3) is 0 Å². The molecule has 0 aromatic carbocycles. The Labute approximate surface area is 128 Å². The first-order chi connectivity index (χ1) is 10.2. The molecular formula is C17H29N3O. The molecule has 2 fully saturated rings. The standard InChI is InChI=1S/C17H29N3O/c1-15-11-18-20(12-15)9-3-8-19-7-2-6-17(13-19,14-21)10-16-4-5-16/h11-12,16,21H,2-10,13-14H2,1H3/t17-/m0/s1. The second-order valence-corrected chi connectivity index (χ2v) is 7.32. The minimum atomic E-state index is 0.196. The minimum absolute atomic E-state index is 0.196. The SMILES string of the molecule is Cc1cnn(CCCN2CCC[C@](CO)(CC3CC3)C2)c1. The third-order valence-corrected chi connectivity index (χ3v) is 5.12. The second-order valence-electron chi connectivity index (χ2n) is 7.32. The van der Waals surface area contributed by atoms with E-state index in [1.165, 1.54) is 44.2 Å². The number of nitrogens with zero attached hydrogens (tertiary/aromatic N) is 3. The average molecular weight is 291 g/mol. The number of aliphatic hydroxyl groups excluding tert-OH is 1. The molecule has 21 heavy (non-hydrogen) atoms. The van der Waals surface area contributed by atoms with E-state index >= 15 is 0 Å². The molecule has 0 spiro atoms. The first kappa shape index (κ1) is 15.0. The quantitative estimate of drug-likeness (QED) is 0.839. The number of hydrogen-bond donors (Lipinski definition) is 1. The summed E-state index contributed by atoms with van der Waals surface area (Å²) in [5.74, 6) is 0.907. The lowest BCUT2D eigenvalue weighted by molar-refractivity contribution is 0.0205. The molecule has 3 rings (SSSR count). The van der Waals surface area contributed by atoms with Crippen LogP contribution < -0.4 is 0 Å². The molecule has 1 aromatic heterocycles. The molecule has 0 bridgehead atoms. The highest BCUT2D eigenvalue weighted by Gasteiger charge is 2.39. The predicted molar refractivity (Wildman–Crippen MR) is 84.1 cm³/mol. The fourth-order valence-electron chi connectivity index (χ4n) is 3.84. The Morgan fingerprint density at radius 1 is 1.38 bits per heavy atom. The van der Waals surface area contributed by atoms with E-state index in [-0.39, 0.29) is 5.41 Å². The third kappa shape index (κ3) is 4.07. The summed E-state index contributed by atoms with van der Waals surface area (Å²) >= 11 is 0. The number of piperidine rings is 1. The highest BCUT2D eigenvalue weighted by Crippen LogP contribution is 2.44. The zero-order chi connectivity index (χ0) is 14.7. The molecule has 0 amide bonds. The summed E-state index contributed by atoms with van der Waals surface area (Å²) in [5.41, 5.74) is 1.43. The summed E-state index contributed by atoms with van der Waals surface area (Å²) < 4.78 is 2.04. The zero-order valence-corrected chi connectivity index (χ0v) is 13.3. The van der Waals surface area contributed by atoms with Crippen molar-refractivity contribution in [2.45, 2.75) is 52.0 Å². The van der Waals surface area contributed by atoms with Crippen LogP contribution in [0.1, 0.15) is 44.1 Å². The molecule has 1 saturated heterocycles. The Bertz CT molecular complexity index is 455. The maximum absolute atomic E-state index is 9.90. The smallest absolute Gasteiger partial charge is 0.0518 e. The van der Waals surface area contributed by atoms with Crippen molar-refractivity contribution in [3.05, 3.63) is 18.0 Å². The molecule has 1 aliphatic heterocycles. The topological polar surface area (TPSA) is 41.3 Å². The summed E-state index contributed by atoms with van der Waals surface area (Å²) in [7, 11) is 0. The second kappa shape index (κ2) is 6.49. The molecule has 1 N–H and O–H groups in total. The molecule has 118 valence electrons. The van der Waals surface area contributed by atoms with Gasteiger partial charge in [-0.1, -0.05) is 12.8 Å². The highest BCUT2D eigenvalue weighted by atomic mass is 16.3. The fraction of sp³-hybridized carbons (Fsp3) is 0.824. The van der Waals surface area contributed by atoms with Crippen LogP contribution in [0.4, 0.5) is 0 Å². The molecule has 2 heterocycles. The first-order valence-corrected chi connectivity index (χ1v) is 8.51. The van der Waals surface area contributed by atoms with E-state index in [1.807, 2.05) is 10.9 Å². The van der Waals surface area contributed by atoms with Crippen molar-refractivity contribution in [3.63, 3.8) is 0 Å². The number of rotatable bonds is 7. The van der Waals surface area contributed by atoms with E-state index in [1.54, 1.807) is 0 Å². The zero-order valence-electron chi connectivity index (χ0n) is 13.3. The molecule has 2 aliphatic rings. The Hall–Kier alpha value is -0.870. The maximum atomic E-state index is 9.90. The minimum Gasteiger partial charge on any atom is -0.396 e. The monoisotopic (exact) mass is 291 g/mol. The van der Waals surface area contributed by atoms with Gasteiger partial charge in [-0.15, -0.1) is 0 Å². The third-order valence-electron chi connectivity index (χ3n) is 5.12. The van der Waals surface area contributed by atoms with E-state index in [4.69, 9.17) is 0 Å². The largest absolute Gasteiger partial charge is 0.396 e. The van der Waals surface area contributed by atoms with E-state index in [9.17, 15) is 5.11 Å². The lowest BCUT2D eigenvalue weighted by Crippen LogP contribution is -2.46. The number of hydrogen-bond acceptors (Lipinski definition) is 3.